The Morgan fingerprint density at radius 2 is 0.643 bits per heavy atom. The normalized spacial score (nSPS) is 12.2. The molecule has 0 N–H and O–H groups in total. The third-order valence-corrected chi connectivity index (χ3v) is 5.49. The predicted molar refractivity (Wildman–Crippen MR) is 126 cm³/mol. The Morgan fingerprint density at radius 1 is 0.393 bits per heavy atom. The number of nitrogens with zero attached hydrogens (tertiary/aromatic N) is 1. The van der Waals surface area contributed by atoms with Gasteiger partial charge < -0.3 is 5.32 Å². The molecule has 0 aliphatic carbocycles. The minimum absolute atomic E-state index is 0. The van der Waals surface area contributed by atoms with Crippen molar-refractivity contribution in [1.29, 1.82) is 0 Å². The van der Waals surface area contributed by atoms with Crippen LogP contribution in [0.1, 0.15) is 144 Å². The second-order valence-corrected chi connectivity index (χ2v) is 11.2. The van der Waals surface area contributed by atoms with Crippen LogP contribution in [0.15, 0.2) is 0 Å². The van der Waals surface area contributed by atoms with Crippen molar-refractivity contribution in [3.05, 3.63) is 5.32 Å². The van der Waals surface area contributed by atoms with Crippen LogP contribution in [0.25, 0.3) is 5.32 Å². The molecule has 0 rings (SSSR count). The van der Waals surface area contributed by atoms with E-state index in [1.54, 1.807) is 0 Å². The first-order valence-electron chi connectivity index (χ1n) is 12.3. The molecular formula is C26H54LiN. The van der Waals surface area contributed by atoms with Gasteiger partial charge in [0.1, 0.15) is 0 Å². The van der Waals surface area contributed by atoms with E-state index in [0.717, 1.165) is 13.1 Å². The summed E-state index contributed by atoms with van der Waals surface area (Å²) in [6.07, 6.45) is 22.4. The van der Waals surface area contributed by atoms with Gasteiger partial charge in [-0.15, -0.1) is 13.1 Å². The van der Waals surface area contributed by atoms with Gasteiger partial charge in [0.2, 0.25) is 0 Å². The van der Waals surface area contributed by atoms with Crippen molar-refractivity contribution < 1.29 is 18.9 Å². The molecule has 0 bridgehead atoms. The Morgan fingerprint density at radius 3 is 0.929 bits per heavy atom. The first-order chi connectivity index (χ1) is 12.7. The van der Waals surface area contributed by atoms with Crippen LogP contribution in [0.5, 0.6) is 0 Å². The monoisotopic (exact) mass is 387 g/mol. The molecule has 2 heteroatoms. The van der Waals surface area contributed by atoms with Gasteiger partial charge in [-0.2, -0.15) is 0 Å². The molecule has 0 aliphatic heterocycles. The van der Waals surface area contributed by atoms with Gasteiger partial charge in [0, 0.05) is 0 Å². The zero-order chi connectivity index (χ0) is 20.4. The fourth-order valence-electron chi connectivity index (χ4n) is 3.64. The van der Waals surface area contributed by atoms with E-state index in [1.165, 1.54) is 103 Å². The molecular weight excluding hydrogens is 333 g/mol. The van der Waals surface area contributed by atoms with Crippen molar-refractivity contribution in [2.45, 2.75) is 144 Å². The summed E-state index contributed by atoms with van der Waals surface area (Å²) in [5.41, 5.74) is 1.04. The third-order valence-electron chi connectivity index (χ3n) is 5.49. The first kappa shape index (κ1) is 30.7. The van der Waals surface area contributed by atoms with E-state index >= 15 is 0 Å². The van der Waals surface area contributed by atoms with E-state index in [0.29, 0.717) is 10.8 Å². The summed E-state index contributed by atoms with van der Waals surface area (Å²) in [6, 6.07) is 0. The fraction of sp³-hybridized carbons (Fsp3) is 1.00. The number of unbranched alkanes of at least 4 members (excludes halogenated alkanes) is 12. The molecule has 0 aliphatic rings. The average Bonchev–Trinajstić information content (AvgIpc) is 2.55. The second-order valence-electron chi connectivity index (χ2n) is 11.2. The van der Waals surface area contributed by atoms with Crippen LogP contribution in [0.2, 0.25) is 0 Å². The van der Waals surface area contributed by atoms with Crippen molar-refractivity contribution in [2.24, 2.45) is 10.8 Å². The van der Waals surface area contributed by atoms with Crippen LogP contribution < -0.4 is 18.9 Å². The molecule has 0 radical (unpaired) electrons. The predicted octanol–water partition coefficient (Wildman–Crippen LogP) is 6.70. The van der Waals surface area contributed by atoms with Gasteiger partial charge in [-0.25, -0.2) is 0 Å². The molecule has 0 fully saturated rings. The molecule has 0 unspecified atom stereocenters. The van der Waals surface area contributed by atoms with Crippen molar-refractivity contribution in [3.8, 4) is 0 Å². The van der Waals surface area contributed by atoms with E-state index in [4.69, 9.17) is 5.32 Å². The van der Waals surface area contributed by atoms with Gasteiger partial charge in [-0.3, -0.25) is 0 Å². The summed E-state index contributed by atoms with van der Waals surface area (Å²) in [4.78, 5) is 0. The second kappa shape index (κ2) is 19.5. The van der Waals surface area contributed by atoms with Gasteiger partial charge in [-0.1, -0.05) is 131 Å². The SMILES string of the molecule is CC(C)(C)CCCCCCCCC[N-]CCCCCCCCCC(C)(C)C.[Li+]. The third kappa shape index (κ3) is 28.8. The maximum absolute atomic E-state index is 4.72. The molecule has 0 heterocycles. The van der Waals surface area contributed by atoms with Gasteiger partial charge in [0.15, 0.2) is 0 Å². The zero-order valence-corrected chi connectivity index (χ0v) is 21.2. The number of hydrogen-bond donors (Lipinski definition) is 0. The van der Waals surface area contributed by atoms with E-state index in [-0.39, 0.29) is 18.9 Å². The summed E-state index contributed by atoms with van der Waals surface area (Å²) in [5.74, 6) is 0. The molecule has 0 aromatic heterocycles. The quantitative estimate of drug-likeness (QED) is 0.183. The van der Waals surface area contributed by atoms with Crippen molar-refractivity contribution in [1.82, 2.24) is 0 Å². The number of rotatable bonds is 18. The molecule has 0 atom stereocenters. The summed E-state index contributed by atoms with van der Waals surface area (Å²) >= 11 is 0. The smallest absolute Gasteiger partial charge is 0.662 e. The average molecular weight is 388 g/mol. The van der Waals surface area contributed by atoms with E-state index in [1.807, 2.05) is 0 Å². The van der Waals surface area contributed by atoms with Crippen molar-refractivity contribution >= 4 is 0 Å². The summed E-state index contributed by atoms with van der Waals surface area (Å²) < 4.78 is 0. The minimum Gasteiger partial charge on any atom is -0.662 e. The van der Waals surface area contributed by atoms with Crippen LogP contribution in [0, 0.1) is 10.8 Å². The molecule has 0 amide bonds. The molecule has 0 saturated carbocycles. The maximum atomic E-state index is 4.72. The van der Waals surface area contributed by atoms with Crippen molar-refractivity contribution in [3.63, 3.8) is 0 Å². The fourth-order valence-corrected chi connectivity index (χ4v) is 3.64. The largest absolute Gasteiger partial charge is 1.00 e. The van der Waals surface area contributed by atoms with Gasteiger partial charge in [0.25, 0.3) is 0 Å². The van der Waals surface area contributed by atoms with Crippen LogP contribution in [-0.2, 0) is 0 Å². The minimum atomic E-state index is 0. The van der Waals surface area contributed by atoms with Crippen LogP contribution >= 0.6 is 0 Å². The topological polar surface area (TPSA) is 14.1 Å². The standard InChI is InChI=1S/C26H54N.Li/c1-25(2,3)21-17-13-9-7-11-15-19-23-27-24-20-16-12-8-10-14-18-22-26(4,5)6;/h7-24H2,1-6H3;/q-1;+1. The Kier molecular flexibility index (Phi) is 21.4. The molecule has 1 nitrogen and oxygen atoms in total. The first-order valence-corrected chi connectivity index (χ1v) is 12.3. The van der Waals surface area contributed by atoms with Crippen LogP contribution in [-0.4, -0.2) is 13.1 Å². The van der Waals surface area contributed by atoms with Gasteiger partial charge in [0.05, 0.1) is 0 Å². The van der Waals surface area contributed by atoms with Gasteiger partial charge >= 0.3 is 18.9 Å². The Balaban J connectivity index is 0. The number of hydrogen-bond acceptors (Lipinski definition) is 0. The van der Waals surface area contributed by atoms with E-state index in [9.17, 15) is 0 Å². The molecule has 0 aromatic carbocycles. The van der Waals surface area contributed by atoms with E-state index < -0.39 is 0 Å². The van der Waals surface area contributed by atoms with E-state index in [2.05, 4.69) is 41.5 Å². The van der Waals surface area contributed by atoms with Gasteiger partial charge in [-0.05, 0) is 23.7 Å². The van der Waals surface area contributed by atoms with Crippen LogP contribution in [0.4, 0.5) is 0 Å². The molecule has 164 valence electrons. The van der Waals surface area contributed by atoms with Crippen LogP contribution in [0.3, 0.4) is 0 Å². The molecule has 0 aromatic rings. The Labute approximate surface area is 192 Å². The summed E-state index contributed by atoms with van der Waals surface area (Å²) in [5, 5.41) is 4.72. The van der Waals surface area contributed by atoms with Crippen molar-refractivity contribution in [2.75, 3.05) is 13.1 Å². The molecule has 0 spiro atoms. The maximum Gasteiger partial charge on any atom is 1.00 e. The molecule has 0 saturated heterocycles. The summed E-state index contributed by atoms with van der Waals surface area (Å²) in [6.45, 7) is 16.3. The molecule has 28 heavy (non-hydrogen) atoms. The Bertz CT molecular complexity index is 271. The summed E-state index contributed by atoms with van der Waals surface area (Å²) in [7, 11) is 0. The Hall–Kier alpha value is 0.557. The zero-order valence-electron chi connectivity index (χ0n) is 21.2.